The largest absolute Gasteiger partial charge is 0.497 e. The number of likely N-dealkylation sites (N-methyl/N-ethyl adjacent to an activating group) is 1. The van der Waals surface area contributed by atoms with Gasteiger partial charge in [-0.2, -0.15) is 0 Å². The fourth-order valence-corrected chi connectivity index (χ4v) is 2.59. The predicted molar refractivity (Wildman–Crippen MR) is 70.3 cm³/mol. The van der Waals surface area contributed by atoms with Gasteiger partial charge in [0.1, 0.15) is 5.75 Å². The van der Waals surface area contributed by atoms with E-state index >= 15 is 0 Å². The van der Waals surface area contributed by atoms with Gasteiger partial charge in [-0.15, -0.1) is 0 Å². The first-order valence-electron chi connectivity index (χ1n) is 6.24. The molecule has 17 heavy (non-hydrogen) atoms. The Morgan fingerprint density at radius 3 is 2.94 bits per heavy atom. The molecule has 1 aliphatic heterocycles. The third-order valence-corrected chi connectivity index (χ3v) is 3.57. The first kappa shape index (κ1) is 12.4. The Balaban J connectivity index is 2.34. The first-order valence-corrected chi connectivity index (χ1v) is 6.24. The molecule has 0 spiro atoms. The van der Waals surface area contributed by atoms with E-state index in [1.54, 1.807) is 7.11 Å². The Bertz CT molecular complexity index is 390. The van der Waals surface area contributed by atoms with E-state index in [-0.39, 0.29) is 6.04 Å². The SMILES string of the molecule is COc1ccc2c(c1)C(CC(C)N)N(C)CC2. The molecule has 2 unspecified atom stereocenters. The van der Waals surface area contributed by atoms with Crippen molar-refractivity contribution in [2.75, 3.05) is 20.7 Å². The molecule has 1 aromatic rings. The van der Waals surface area contributed by atoms with Crippen molar-refractivity contribution in [3.05, 3.63) is 29.3 Å². The number of fused-ring (bicyclic) bond motifs is 1. The summed E-state index contributed by atoms with van der Waals surface area (Å²) in [6.45, 7) is 3.18. The van der Waals surface area contributed by atoms with E-state index < -0.39 is 0 Å². The van der Waals surface area contributed by atoms with Crippen LogP contribution in [0.4, 0.5) is 0 Å². The third-order valence-electron chi connectivity index (χ3n) is 3.57. The van der Waals surface area contributed by atoms with Crippen LogP contribution in [0.15, 0.2) is 18.2 Å². The van der Waals surface area contributed by atoms with Crippen molar-refractivity contribution in [3.63, 3.8) is 0 Å². The lowest BCUT2D eigenvalue weighted by atomic mass is 9.89. The van der Waals surface area contributed by atoms with Crippen LogP contribution >= 0.6 is 0 Å². The quantitative estimate of drug-likeness (QED) is 0.869. The minimum absolute atomic E-state index is 0.222. The van der Waals surface area contributed by atoms with E-state index in [4.69, 9.17) is 10.5 Å². The second kappa shape index (κ2) is 5.07. The topological polar surface area (TPSA) is 38.5 Å². The van der Waals surface area contributed by atoms with Crippen molar-refractivity contribution >= 4 is 0 Å². The number of methoxy groups -OCH3 is 1. The van der Waals surface area contributed by atoms with Crippen molar-refractivity contribution in [1.82, 2.24) is 4.90 Å². The van der Waals surface area contributed by atoms with Crippen LogP contribution in [-0.4, -0.2) is 31.6 Å². The van der Waals surface area contributed by atoms with Crippen LogP contribution in [0.5, 0.6) is 5.75 Å². The maximum absolute atomic E-state index is 5.96. The number of nitrogens with two attached hydrogens (primary N) is 1. The van der Waals surface area contributed by atoms with Gasteiger partial charge in [0, 0.05) is 18.6 Å². The zero-order chi connectivity index (χ0) is 12.4. The monoisotopic (exact) mass is 234 g/mol. The summed E-state index contributed by atoms with van der Waals surface area (Å²) < 4.78 is 5.32. The fraction of sp³-hybridized carbons (Fsp3) is 0.571. The molecule has 0 amide bonds. The number of hydrogen-bond donors (Lipinski definition) is 1. The van der Waals surface area contributed by atoms with Gasteiger partial charge in [0.05, 0.1) is 7.11 Å². The van der Waals surface area contributed by atoms with E-state index in [0.717, 1.165) is 25.1 Å². The van der Waals surface area contributed by atoms with Gasteiger partial charge in [0.2, 0.25) is 0 Å². The Kier molecular flexibility index (Phi) is 3.69. The van der Waals surface area contributed by atoms with Gasteiger partial charge in [-0.25, -0.2) is 0 Å². The van der Waals surface area contributed by atoms with Crippen molar-refractivity contribution in [3.8, 4) is 5.75 Å². The molecule has 0 aromatic heterocycles. The van der Waals surface area contributed by atoms with Crippen LogP contribution in [0.2, 0.25) is 0 Å². The molecular formula is C14H22N2O. The van der Waals surface area contributed by atoms with Gasteiger partial charge < -0.3 is 10.5 Å². The zero-order valence-electron chi connectivity index (χ0n) is 10.9. The maximum atomic E-state index is 5.96. The molecule has 0 bridgehead atoms. The lowest BCUT2D eigenvalue weighted by molar-refractivity contribution is 0.211. The smallest absolute Gasteiger partial charge is 0.119 e. The van der Waals surface area contributed by atoms with Gasteiger partial charge in [0.25, 0.3) is 0 Å². The normalized spacial score (nSPS) is 22.0. The second-order valence-electron chi connectivity index (χ2n) is 5.02. The van der Waals surface area contributed by atoms with Gasteiger partial charge in [-0.3, -0.25) is 4.90 Å². The first-order chi connectivity index (χ1) is 8.11. The highest BCUT2D eigenvalue weighted by molar-refractivity contribution is 5.39. The molecule has 0 aliphatic carbocycles. The number of hydrogen-bond acceptors (Lipinski definition) is 3. The van der Waals surface area contributed by atoms with Crippen LogP contribution in [0, 0.1) is 0 Å². The van der Waals surface area contributed by atoms with Crippen LogP contribution in [0.25, 0.3) is 0 Å². The molecule has 2 N–H and O–H groups in total. The van der Waals surface area contributed by atoms with Gasteiger partial charge >= 0.3 is 0 Å². The molecule has 1 aromatic carbocycles. The second-order valence-corrected chi connectivity index (χ2v) is 5.02. The lowest BCUT2D eigenvalue weighted by Gasteiger charge is -2.35. The predicted octanol–water partition coefficient (Wildman–Crippen LogP) is 1.96. The average molecular weight is 234 g/mol. The van der Waals surface area contributed by atoms with Crippen LogP contribution in [0.3, 0.4) is 0 Å². The van der Waals surface area contributed by atoms with E-state index in [1.807, 2.05) is 6.07 Å². The minimum Gasteiger partial charge on any atom is -0.497 e. The maximum Gasteiger partial charge on any atom is 0.119 e. The number of benzene rings is 1. The van der Waals surface area contributed by atoms with Crippen molar-refractivity contribution in [2.24, 2.45) is 5.73 Å². The van der Waals surface area contributed by atoms with Crippen molar-refractivity contribution in [1.29, 1.82) is 0 Å². The molecular weight excluding hydrogens is 212 g/mol. The molecule has 3 nitrogen and oxygen atoms in total. The summed E-state index contributed by atoms with van der Waals surface area (Å²) in [6.07, 6.45) is 2.11. The zero-order valence-corrected chi connectivity index (χ0v) is 10.9. The molecule has 2 atom stereocenters. The molecule has 3 heteroatoms. The summed E-state index contributed by atoms with van der Waals surface area (Å²) in [4.78, 5) is 2.39. The summed E-state index contributed by atoms with van der Waals surface area (Å²) in [5.74, 6) is 0.939. The summed E-state index contributed by atoms with van der Waals surface area (Å²) in [7, 11) is 3.89. The molecule has 1 aliphatic rings. The molecule has 0 fully saturated rings. The highest BCUT2D eigenvalue weighted by Crippen LogP contribution is 2.34. The van der Waals surface area contributed by atoms with Gasteiger partial charge in [-0.1, -0.05) is 6.07 Å². The van der Waals surface area contributed by atoms with Crippen molar-refractivity contribution in [2.45, 2.75) is 31.8 Å². The number of nitrogens with zero attached hydrogens (tertiary/aromatic N) is 1. The van der Waals surface area contributed by atoms with Gasteiger partial charge in [0.15, 0.2) is 0 Å². The number of ether oxygens (including phenoxy) is 1. The van der Waals surface area contributed by atoms with Crippen LogP contribution in [-0.2, 0) is 6.42 Å². The summed E-state index contributed by atoms with van der Waals surface area (Å²) in [5, 5.41) is 0. The molecule has 0 radical (unpaired) electrons. The van der Waals surface area contributed by atoms with Gasteiger partial charge in [-0.05, 0) is 50.1 Å². The van der Waals surface area contributed by atoms with E-state index in [2.05, 4.69) is 31.0 Å². The number of rotatable bonds is 3. The Morgan fingerprint density at radius 1 is 1.53 bits per heavy atom. The fourth-order valence-electron chi connectivity index (χ4n) is 2.59. The highest BCUT2D eigenvalue weighted by Gasteiger charge is 2.25. The minimum atomic E-state index is 0.222. The average Bonchev–Trinajstić information content (AvgIpc) is 2.32. The molecule has 0 saturated carbocycles. The lowest BCUT2D eigenvalue weighted by Crippen LogP contribution is -2.35. The summed E-state index contributed by atoms with van der Waals surface area (Å²) in [6, 6.07) is 7.05. The van der Waals surface area contributed by atoms with Crippen LogP contribution in [0.1, 0.15) is 30.5 Å². The molecule has 0 saturated heterocycles. The Hall–Kier alpha value is -1.06. The molecule has 94 valence electrons. The van der Waals surface area contributed by atoms with Crippen molar-refractivity contribution < 1.29 is 4.74 Å². The van der Waals surface area contributed by atoms with E-state index in [1.165, 1.54) is 11.1 Å². The third kappa shape index (κ3) is 2.61. The molecule has 1 heterocycles. The summed E-state index contributed by atoms with van der Waals surface area (Å²) in [5.41, 5.74) is 8.78. The standard InChI is InChI=1S/C14H22N2O/c1-10(15)8-14-13-9-12(17-3)5-4-11(13)6-7-16(14)2/h4-5,9-10,14H,6-8,15H2,1-3H3. The summed E-state index contributed by atoms with van der Waals surface area (Å²) >= 11 is 0. The van der Waals surface area contributed by atoms with Crippen LogP contribution < -0.4 is 10.5 Å². The van der Waals surface area contributed by atoms with E-state index in [0.29, 0.717) is 6.04 Å². The Morgan fingerprint density at radius 2 is 2.29 bits per heavy atom. The Labute approximate surface area is 104 Å². The highest BCUT2D eigenvalue weighted by atomic mass is 16.5. The molecule has 2 rings (SSSR count). The van der Waals surface area contributed by atoms with E-state index in [9.17, 15) is 0 Å².